The van der Waals surface area contributed by atoms with Crippen LogP contribution in [0.15, 0.2) is 30.3 Å². The highest BCUT2D eigenvalue weighted by Gasteiger charge is 2.11. The number of hydrogen-bond acceptors (Lipinski definition) is 3. The van der Waals surface area contributed by atoms with Crippen LogP contribution in [0.25, 0.3) is 0 Å². The van der Waals surface area contributed by atoms with E-state index in [1.165, 1.54) is 0 Å². The first-order valence-electron chi connectivity index (χ1n) is 4.07. The Morgan fingerprint density at radius 3 is 2.54 bits per heavy atom. The molecule has 4 heteroatoms. The molecule has 0 fully saturated rings. The molecule has 0 spiro atoms. The Bertz CT molecular complexity index is 274. The van der Waals surface area contributed by atoms with Crippen molar-refractivity contribution in [2.45, 2.75) is 13.3 Å². The molecule has 0 aliphatic heterocycles. The smallest absolute Gasteiger partial charge is 0.242 e. The third-order valence-corrected chi connectivity index (χ3v) is 1.67. The lowest BCUT2D eigenvalue weighted by Gasteiger charge is -2.18. The number of nitrogens with zero attached hydrogens (tertiary/aromatic N) is 1. The number of anilines is 1. The van der Waals surface area contributed by atoms with Gasteiger partial charge >= 0.3 is 0 Å². The molecule has 0 saturated heterocycles. The summed E-state index contributed by atoms with van der Waals surface area (Å²) in [5, 5.41) is 9.83. The van der Waals surface area contributed by atoms with Crippen LogP contribution in [-0.2, 0) is 4.79 Å². The van der Waals surface area contributed by atoms with Crippen LogP contribution in [0.4, 0.5) is 5.69 Å². The van der Waals surface area contributed by atoms with Crippen LogP contribution in [0.5, 0.6) is 0 Å². The van der Waals surface area contributed by atoms with Crippen molar-refractivity contribution in [2.75, 3.05) is 5.01 Å². The van der Waals surface area contributed by atoms with Crippen molar-refractivity contribution in [1.82, 2.24) is 5.59 Å². The molecular formula is C9H12N2O2. The summed E-state index contributed by atoms with van der Waals surface area (Å²) >= 11 is 0. The maximum absolute atomic E-state index is 11.2. The van der Waals surface area contributed by atoms with Crippen molar-refractivity contribution < 1.29 is 10.0 Å². The van der Waals surface area contributed by atoms with E-state index in [0.29, 0.717) is 12.1 Å². The first-order valence-corrected chi connectivity index (χ1v) is 4.07. The molecule has 0 aliphatic carbocycles. The quantitative estimate of drug-likeness (QED) is 0.690. The zero-order valence-corrected chi connectivity index (χ0v) is 7.40. The van der Waals surface area contributed by atoms with Gasteiger partial charge in [0, 0.05) is 6.42 Å². The number of hydrogen-bond donors (Lipinski definition) is 2. The van der Waals surface area contributed by atoms with Gasteiger partial charge in [-0.15, -0.1) is 5.59 Å². The predicted octanol–water partition coefficient (Wildman–Crippen LogP) is 1.32. The third-order valence-electron chi connectivity index (χ3n) is 1.67. The van der Waals surface area contributed by atoms with Gasteiger partial charge in [-0.2, -0.15) is 0 Å². The van der Waals surface area contributed by atoms with E-state index in [-0.39, 0.29) is 5.91 Å². The maximum Gasteiger partial charge on any atom is 0.242 e. The summed E-state index contributed by atoms with van der Waals surface area (Å²) in [5.41, 5.74) is 2.47. The number of benzene rings is 1. The summed E-state index contributed by atoms with van der Waals surface area (Å²) in [6.07, 6.45) is 0.336. The molecule has 0 aromatic heterocycles. The first kappa shape index (κ1) is 9.70. The average Bonchev–Trinajstić information content (AvgIpc) is 2.20. The predicted molar refractivity (Wildman–Crippen MR) is 49.1 cm³/mol. The molecule has 4 nitrogen and oxygen atoms in total. The lowest BCUT2D eigenvalue weighted by molar-refractivity contribution is -0.120. The van der Waals surface area contributed by atoms with E-state index in [1.54, 1.807) is 31.2 Å². The third kappa shape index (κ3) is 2.27. The Morgan fingerprint density at radius 2 is 2.08 bits per heavy atom. The van der Waals surface area contributed by atoms with E-state index < -0.39 is 0 Å². The molecule has 0 heterocycles. The lowest BCUT2D eigenvalue weighted by Crippen LogP contribution is -2.40. The number of para-hydroxylation sites is 1. The van der Waals surface area contributed by atoms with Gasteiger partial charge < -0.3 is 0 Å². The molecule has 0 aliphatic rings. The second-order valence-corrected chi connectivity index (χ2v) is 2.52. The van der Waals surface area contributed by atoms with Gasteiger partial charge in [0.25, 0.3) is 0 Å². The highest BCUT2D eigenvalue weighted by Crippen LogP contribution is 2.11. The zero-order chi connectivity index (χ0) is 9.68. The number of nitrogens with one attached hydrogen (secondary N) is 1. The summed E-state index contributed by atoms with van der Waals surface area (Å²) < 4.78 is 0. The summed E-state index contributed by atoms with van der Waals surface area (Å²) in [5.74, 6) is -0.186. The van der Waals surface area contributed by atoms with Gasteiger partial charge in [-0.25, -0.2) is 5.01 Å². The largest absolute Gasteiger partial charge is 0.297 e. The molecule has 1 aromatic carbocycles. The number of carbonyl (C=O) groups is 1. The molecular weight excluding hydrogens is 168 g/mol. The topological polar surface area (TPSA) is 52.6 Å². The van der Waals surface area contributed by atoms with Crippen LogP contribution in [0.3, 0.4) is 0 Å². The van der Waals surface area contributed by atoms with E-state index >= 15 is 0 Å². The maximum atomic E-state index is 11.2. The van der Waals surface area contributed by atoms with E-state index in [0.717, 1.165) is 5.01 Å². The average molecular weight is 180 g/mol. The first-order chi connectivity index (χ1) is 6.29. The van der Waals surface area contributed by atoms with Crippen LogP contribution in [0.2, 0.25) is 0 Å². The second-order valence-electron chi connectivity index (χ2n) is 2.52. The summed E-state index contributed by atoms with van der Waals surface area (Å²) in [6.45, 7) is 1.73. The van der Waals surface area contributed by atoms with Gasteiger partial charge in [0.15, 0.2) is 0 Å². The minimum Gasteiger partial charge on any atom is -0.297 e. The van der Waals surface area contributed by atoms with E-state index in [1.807, 2.05) is 11.7 Å². The van der Waals surface area contributed by atoms with Crippen LogP contribution in [0.1, 0.15) is 13.3 Å². The lowest BCUT2D eigenvalue weighted by atomic mass is 10.3. The molecule has 1 rings (SSSR count). The number of rotatable bonds is 3. The van der Waals surface area contributed by atoms with E-state index in [4.69, 9.17) is 5.21 Å². The fraction of sp³-hybridized carbons (Fsp3) is 0.222. The Morgan fingerprint density at radius 1 is 1.46 bits per heavy atom. The van der Waals surface area contributed by atoms with Crippen molar-refractivity contribution in [3.05, 3.63) is 30.3 Å². The van der Waals surface area contributed by atoms with Gasteiger partial charge in [-0.3, -0.25) is 10.0 Å². The molecule has 0 radical (unpaired) electrons. The Labute approximate surface area is 76.7 Å². The zero-order valence-electron chi connectivity index (χ0n) is 7.40. The Kier molecular flexibility index (Phi) is 3.42. The minimum atomic E-state index is -0.186. The molecule has 13 heavy (non-hydrogen) atoms. The van der Waals surface area contributed by atoms with Gasteiger partial charge in [-0.05, 0) is 12.1 Å². The van der Waals surface area contributed by atoms with Gasteiger partial charge in [-0.1, -0.05) is 25.1 Å². The van der Waals surface area contributed by atoms with E-state index in [9.17, 15) is 4.79 Å². The minimum absolute atomic E-state index is 0.186. The fourth-order valence-electron chi connectivity index (χ4n) is 0.993. The molecule has 2 N–H and O–H groups in total. The monoisotopic (exact) mass is 180 g/mol. The van der Waals surface area contributed by atoms with Gasteiger partial charge in [0.1, 0.15) is 0 Å². The Hall–Kier alpha value is -1.39. The van der Waals surface area contributed by atoms with Crippen LogP contribution in [0, 0.1) is 0 Å². The molecule has 0 bridgehead atoms. The van der Waals surface area contributed by atoms with Gasteiger partial charge in [0.2, 0.25) is 5.91 Å². The highest BCUT2D eigenvalue weighted by atomic mass is 16.5. The molecule has 70 valence electrons. The van der Waals surface area contributed by atoms with Crippen molar-refractivity contribution >= 4 is 11.6 Å². The SMILES string of the molecule is CCC(=O)N(NO)c1ccccc1. The normalized spacial score (nSPS) is 9.69. The fourth-order valence-corrected chi connectivity index (χ4v) is 0.993. The van der Waals surface area contributed by atoms with Crippen LogP contribution >= 0.6 is 0 Å². The van der Waals surface area contributed by atoms with Crippen LogP contribution < -0.4 is 10.6 Å². The Balaban J connectivity index is 2.85. The molecule has 0 atom stereocenters. The van der Waals surface area contributed by atoms with Gasteiger partial charge in [0.05, 0.1) is 5.69 Å². The summed E-state index contributed by atoms with van der Waals surface area (Å²) in [4.78, 5) is 11.2. The van der Waals surface area contributed by atoms with E-state index in [2.05, 4.69) is 0 Å². The molecule has 1 amide bonds. The molecule has 0 unspecified atom stereocenters. The van der Waals surface area contributed by atoms with Crippen molar-refractivity contribution in [3.63, 3.8) is 0 Å². The molecule has 1 aromatic rings. The standard InChI is InChI=1S/C9H12N2O2/c1-2-9(12)11(10-13)8-6-4-3-5-7-8/h3-7,10,13H,2H2,1H3. The summed E-state index contributed by atoms with van der Waals surface area (Å²) in [6, 6.07) is 8.90. The van der Waals surface area contributed by atoms with Crippen LogP contribution in [-0.4, -0.2) is 11.1 Å². The van der Waals surface area contributed by atoms with Crippen molar-refractivity contribution in [1.29, 1.82) is 0 Å². The van der Waals surface area contributed by atoms with Crippen molar-refractivity contribution in [3.8, 4) is 0 Å². The van der Waals surface area contributed by atoms with Crippen molar-refractivity contribution in [2.24, 2.45) is 0 Å². The summed E-state index contributed by atoms with van der Waals surface area (Å²) in [7, 11) is 0. The second kappa shape index (κ2) is 4.59. The highest BCUT2D eigenvalue weighted by molar-refractivity contribution is 5.91. The number of hydrazine groups is 1. The number of carbonyl (C=O) groups excluding carboxylic acids is 1. The number of amides is 1. The molecule has 0 saturated carbocycles.